The molecule has 0 unspecified atom stereocenters. The SMILES string of the molecule is CC1(C)OB(c2ccc3ccc4cc5c(cc4c3c2)C(C)(C)C(C)(C)c2ccccc2-5)OC1(C)C. The highest BCUT2D eigenvalue weighted by atomic mass is 16.7. The molecule has 2 nitrogen and oxygen atoms in total. The van der Waals surface area contributed by atoms with E-state index in [1.54, 1.807) is 0 Å². The largest absolute Gasteiger partial charge is 0.494 e. The molecule has 0 radical (unpaired) electrons. The van der Waals surface area contributed by atoms with Crippen LogP contribution in [-0.4, -0.2) is 18.3 Å². The molecule has 1 fully saturated rings. The molecule has 6 rings (SSSR count). The lowest BCUT2D eigenvalue weighted by Crippen LogP contribution is -2.43. The Labute approximate surface area is 209 Å². The number of hydrogen-bond acceptors (Lipinski definition) is 2. The summed E-state index contributed by atoms with van der Waals surface area (Å²) >= 11 is 0. The van der Waals surface area contributed by atoms with Crippen molar-refractivity contribution in [3.8, 4) is 11.1 Å². The molecule has 35 heavy (non-hydrogen) atoms. The Hall–Kier alpha value is -2.62. The third-order valence-corrected chi connectivity index (χ3v) is 9.65. The van der Waals surface area contributed by atoms with Gasteiger partial charge in [-0.2, -0.15) is 0 Å². The highest BCUT2D eigenvalue weighted by Crippen LogP contribution is 2.54. The maximum atomic E-state index is 6.38. The van der Waals surface area contributed by atoms with Crippen LogP contribution in [0.5, 0.6) is 0 Å². The smallest absolute Gasteiger partial charge is 0.399 e. The van der Waals surface area contributed by atoms with Crippen molar-refractivity contribution in [3.63, 3.8) is 0 Å². The first-order chi connectivity index (χ1) is 16.3. The second kappa shape index (κ2) is 6.99. The lowest BCUT2D eigenvalue weighted by molar-refractivity contribution is 0.00578. The predicted octanol–water partition coefficient (Wildman–Crippen LogP) is 7.53. The summed E-state index contributed by atoms with van der Waals surface area (Å²) in [6.07, 6.45) is 0. The van der Waals surface area contributed by atoms with E-state index in [4.69, 9.17) is 9.31 Å². The highest BCUT2D eigenvalue weighted by molar-refractivity contribution is 6.62. The normalized spacial score (nSPS) is 21.2. The zero-order valence-electron chi connectivity index (χ0n) is 22.2. The van der Waals surface area contributed by atoms with Crippen LogP contribution in [0.2, 0.25) is 0 Å². The van der Waals surface area contributed by atoms with Gasteiger partial charge < -0.3 is 9.31 Å². The van der Waals surface area contributed by atoms with Gasteiger partial charge in [0.25, 0.3) is 0 Å². The average molecular weight is 462 g/mol. The summed E-state index contributed by atoms with van der Waals surface area (Å²) in [7, 11) is -0.362. The van der Waals surface area contributed by atoms with Gasteiger partial charge in [0.1, 0.15) is 0 Å². The molecular weight excluding hydrogens is 427 g/mol. The van der Waals surface area contributed by atoms with E-state index in [0.29, 0.717) is 0 Å². The van der Waals surface area contributed by atoms with Crippen LogP contribution < -0.4 is 5.46 Å². The minimum Gasteiger partial charge on any atom is -0.399 e. The molecule has 0 amide bonds. The molecule has 178 valence electrons. The van der Waals surface area contributed by atoms with E-state index in [0.717, 1.165) is 5.46 Å². The molecule has 4 aromatic carbocycles. The third kappa shape index (κ3) is 3.04. The molecule has 0 atom stereocenters. The Bertz CT molecular complexity index is 1490. The van der Waals surface area contributed by atoms with Crippen LogP contribution in [0.1, 0.15) is 66.5 Å². The van der Waals surface area contributed by atoms with Crippen LogP contribution in [0.3, 0.4) is 0 Å². The van der Waals surface area contributed by atoms with Crippen LogP contribution >= 0.6 is 0 Å². The number of benzene rings is 4. The van der Waals surface area contributed by atoms with Gasteiger partial charge >= 0.3 is 7.12 Å². The van der Waals surface area contributed by atoms with Gasteiger partial charge in [-0.05, 0) is 99.9 Å². The van der Waals surface area contributed by atoms with Crippen LogP contribution in [-0.2, 0) is 20.1 Å². The van der Waals surface area contributed by atoms with Gasteiger partial charge in [-0.25, -0.2) is 0 Å². The Morgan fingerprint density at radius 2 is 1.11 bits per heavy atom. The molecule has 0 saturated carbocycles. The van der Waals surface area contributed by atoms with Gasteiger partial charge in [0.05, 0.1) is 11.2 Å². The molecule has 1 heterocycles. The quantitative estimate of drug-likeness (QED) is 0.215. The average Bonchev–Trinajstić information content (AvgIpc) is 3.03. The maximum Gasteiger partial charge on any atom is 0.494 e. The topological polar surface area (TPSA) is 18.5 Å². The molecule has 1 aliphatic carbocycles. The zero-order chi connectivity index (χ0) is 25.0. The zero-order valence-corrected chi connectivity index (χ0v) is 22.2. The Balaban J connectivity index is 1.59. The Kier molecular flexibility index (Phi) is 4.56. The van der Waals surface area contributed by atoms with Gasteiger partial charge in [0.15, 0.2) is 0 Å². The predicted molar refractivity (Wildman–Crippen MR) is 149 cm³/mol. The molecule has 0 aromatic heterocycles. The van der Waals surface area contributed by atoms with Gasteiger partial charge in [-0.3, -0.25) is 0 Å². The van der Waals surface area contributed by atoms with Crippen molar-refractivity contribution >= 4 is 34.1 Å². The van der Waals surface area contributed by atoms with Gasteiger partial charge in [-0.15, -0.1) is 0 Å². The molecule has 2 aliphatic rings. The molecule has 0 bridgehead atoms. The van der Waals surface area contributed by atoms with E-state index < -0.39 is 0 Å². The first-order valence-corrected chi connectivity index (χ1v) is 12.8. The monoisotopic (exact) mass is 462 g/mol. The summed E-state index contributed by atoms with van der Waals surface area (Å²) in [4.78, 5) is 0. The minimum atomic E-state index is -0.362. The van der Waals surface area contributed by atoms with E-state index in [1.165, 1.54) is 43.8 Å². The Morgan fingerprint density at radius 1 is 0.543 bits per heavy atom. The van der Waals surface area contributed by atoms with Gasteiger partial charge in [-0.1, -0.05) is 82.3 Å². The molecular formula is C32H35BO2. The summed E-state index contributed by atoms with van der Waals surface area (Å²) in [6.45, 7) is 18.0. The first-order valence-electron chi connectivity index (χ1n) is 12.8. The fourth-order valence-corrected chi connectivity index (χ4v) is 5.92. The minimum absolute atomic E-state index is 0.0166. The molecule has 0 spiro atoms. The molecule has 4 aromatic rings. The molecule has 0 N–H and O–H groups in total. The van der Waals surface area contributed by atoms with E-state index in [2.05, 4.69) is 122 Å². The standard InChI is InChI=1S/C32H35BO2/c1-29(2)27-12-10-9-11-23(27)26-17-21-14-13-20-15-16-22(33-34-31(5,6)32(7,8)35-33)18-24(20)25(21)19-28(26)30(29,3)4/h9-19H,1-8H3. The molecule has 1 aliphatic heterocycles. The van der Waals surface area contributed by atoms with Crippen LogP contribution in [0.4, 0.5) is 0 Å². The van der Waals surface area contributed by atoms with Gasteiger partial charge in [0.2, 0.25) is 0 Å². The lowest BCUT2D eigenvalue weighted by Gasteiger charge is -2.48. The van der Waals surface area contributed by atoms with E-state index in [9.17, 15) is 0 Å². The van der Waals surface area contributed by atoms with Crippen molar-refractivity contribution in [3.05, 3.63) is 77.9 Å². The lowest BCUT2D eigenvalue weighted by atomic mass is 9.55. The second-order valence-electron chi connectivity index (χ2n) is 12.5. The van der Waals surface area contributed by atoms with Crippen molar-refractivity contribution in [2.45, 2.75) is 77.4 Å². The van der Waals surface area contributed by atoms with E-state index in [-0.39, 0.29) is 29.2 Å². The van der Waals surface area contributed by atoms with Crippen molar-refractivity contribution in [2.24, 2.45) is 0 Å². The third-order valence-electron chi connectivity index (χ3n) is 9.65. The number of rotatable bonds is 1. The summed E-state index contributed by atoms with van der Waals surface area (Å²) < 4.78 is 12.8. The van der Waals surface area contributed by atoms with Crippen molar-refractivity contribution in [1.29, 1.82) is 0 Å². The van der Waals surface area contributed by atoms with Crippen molar-refractivity contribution in [1.82, 2.24) is 0 Å². The van der Waals surface area contributed by atoms with Crippen molar-refractivity contribution < 1.29 is 9.31 Å². The van der Waals surface area contributed by atoms with E-state index >= 15 is 0 Å². The summed E-state index contributed by atoms with van der Waals surface area (Å²) in [5.74, 6) is 0. The number of fused-ring (bicyclic) bond motifs is 6. The summed E-state index contributed by atoms with van der Waals surface area (Å²) in [6, 6.07) is 24.9. The van der Waals surface area contributed by atoms with Gasteiger partial charge in [0, 0.05) is 0 Å². The maximum absolute atomic E-state index is 6.38. The van der Waals surface area contributed by atoms with Crippen LogP contribution in [0, 0.1) is 0 Å². The number of hydrogen-bond donors (Lipinski definition) is 0. The molecule has 1 saturated heterocycles. The fraction of sp³-hybridized carbons (Fsp3) is 0.375. The van der Waals surface area contributed by atoms with E-state index in [1.807, 2.05) is 0 Å². The fourth-order valence-electron chi connectivity index (χ4n) is 5.92. The summed E-state index contributed by atoms with van der Waals surface area (Å²) in [5.41, 5.74) is 5.94. The second-order valence-corrected chi connectivity index (χ2v) is 12.5. The summed E-state index contributed by atoms with van der Waals surface area (Å²) in [5, 5.41) is 5.06. The van der Waals surface area contributed by atoms with Crippen molar-refractivity contribution in [2.75, 3.05) is 0 Å². The first kappa shape index (κ1) is 22.8. The highest BCUT2D eigenvalue weighted by Gasteiger charge is 2.51. The van der Waals surface area contributed by atoms with Crippen LogP contribution in [0.25, 0.3) is 32.7 Å². The van der Waals surface area contributed by atoms with Crippen LogP contribution in [0.15, 0.2) is 66.7 Å². The molecule has 3 heteroatoms. The Morgan fingerprint density at radius 3 is 1.83 bits per heavy atom.